The van der Waals surface area contributed by atoms with Crippen molar-refractivity contribution < 1.29 is 20.6 Å². The van der Waals surface area contributed by atoms with E-state index in [9.17, 15) is 13.2 Å². The minimum absolute atomic E-state index is 0.0829. The lowest BCUT2D eigenvalue weighted by Gasteiger charge is -2.27. The normalized spacial score (nSPS) is 30.0. The third-order valence-electron chi connectivity index (χ3n) is 6.70. The summed E-state index contributed by atoms with van der Waals surface area (Å²) in [7, 11) is 0. The van der Waals surface area contributed by atoms with Gasteiger partial charge in [0.15, 0.2) is 0 Å². The summed E-state index contributed by atoms with van der Waals surface area (Å²) in [4.78, 5) is 5.80. The first kappa shape index (κ1) is 19.2. The first-order valence-electron chi connectivity index (χ1n) is 12.2. The van der Waals surface area contributed by atoms with Crippen LogP contribution < -0.4 is 5.32 Å². The molecule has 2 aromatic heterocycles. The Kier molecular flexibility index (Phi) is 5.37. The maximum atomic E-state index is 13.3. The molecule has 2 unspecified atom stereocenters. The number of hydrogen-bond donors (Lipinski definition) is 1. The number of fused-ring (bicyclic) bond motifs is 1. The minimum atomic E-state index is -4.49. The van der Waals surface area contributed by atoms with Gasteiger partial charge in [-0.25, -0.2) is 0 Å². The quantitative estimate of drug-likeness (QED) is 0.742. The Labute approximate surface area is 188 Å². The van der Waals surface area contributed by atoms with Gasteiger partial charge in [0, 0.05) is 52.9 Å². The summed E-state index contributed by atoms with van der Waals surface area (Å²) in [5.41, 5.74) is -0.758. The van der Waals surface area contributed by atoms with Gasteiger partial charge in [0.25, 0.3) is 0 Å². The summed E-state index contributed by atoms with van der Waals surface area (Å²) in [5.74, 6) is 1.27. The van der Waals surface area contributed by atoms with Crippen molar-refractivity contribution in [2.45, 2.75) is 37.9 Å². The lowest BCUT2D eigenvalue weighted by molar-refractivity contribution is -0.137. The zero-order chi connectivity index (χ0) is 23.9. The highest BCUT2D eigenvalue weighted by Gasteiger charge is 2.41. The number of hydrogen-bond acceptors (Lipinski definition) is 6. The number of nitrogens with one attached hydrogen (secondary N) is 1. The fourth-order valence-electron chi connectivity index (χ4n) is 5.23. The van der Waals surface area contributed by atoms with E-state index in [1.807, 2.05) is 4.90 Å². The number of pyridine rings is 1. The Morgan fingerprint density at radius 2 is 1.97 bits per heavy atom. The monoisotopic (exact) mass is 449 g/mol. The summed E-state index contributed by atoms with van der Waals surface area (Å²) in [5, 5.41) is 11.5. The summed E-state index contributed by atoms with van der Waals surface area (Å²) >= 11 is 0. The Balaban J connectivity index is 1.19. The number of alkyl halides is 3. The van der Waals surface area contributed by atoms with Gasteiger partial charge in [-0.05, 0) is 61.6 Å². The number of nitrogens with zero attached hydrogens (tertiary/aromatic N) is 4. The van der Waals surface area contributed by atoms with Crippen molar-refractivity contribution in [1.29, 1.82) is 0 Å². The van der Waals surface area contributed by atoms with E-state index in [1.54, 1.807) is 6.07 Å². The molecule has 0 aromatic carbocycles. The van der Waals surface area contributed by atoms with Crippen LogP contribution in [0.5, 0.6) is 0 Å². The maximum Gasteiger partial charge on any atom is 0.417 e. The Morgan fingerprint density at radius 1 is 1.16 bits per heavy atom. The number of rotatable bonds is 5. The Morgan fingerprint density at radius 3 is 2.62 bits per heavy atom. The standard InChI is InChI=1S/C23H28F3N5O/c24-23(25,26)20-5-6-27-10-19(20)21-3-4-22(30-29-21)28-18-8-16-12-31(13-17(16)9-18)11-15-2-1-7-32-14-15/h3-6,10,15-18H,1-2,7-9,11-14H2,(H,28,30)/t15?,16-,17+,18?/i11D2. The highest BCUT2D eigenvalue weighted by molar-refractivity contribution is 5.63. The number of halogens is 3. The van der Waals surface area contributed by atoms with E-state index in [1.165, 1.54) is 6.07 Å². The number of likely N-dealkylation sites (tertiary alicyclic amines) is 1. The third-order valence-corrected chi connectivity index (χ3v) is 6.70. The summed E-state index contributed by atoms with van der Waals surface area (Å²) in [6, 6.07) is 4.30. The molecule has 3 aliphatic rings. The molecule has 0 amide bonds. The zero-order valence-corrected chi connectivity index (χ0v) is 17.7. The second kappa shape index (κ2) is 8.94. The maximum absolute atomic E-state index is 13.3. The molecule has 2 aliphatic heterocycles. The fourth-order valence-corrected chi connectivity index (χ4v) is 5.23. The van der Waals surface area contributed by atoms with Gasteiger partial charge in [-0.3, -0.25) is 4.98 Å². The molecule has 0 bridgehead atoms. The van der Waals surface area contributed by atoms with Crippen molar-refractivity contribution in [3.05, 3.63) is 36.2 Å². The molecule has 6 nitrogen and oxygen atoms in total. The van der Waals surface area contributed by atoms with E-state index in [-0.39, 0.29) is 23.2 Å². The van der Waals surface area contributed by atoms with E-state index in [4.69, 9.17) is 7.48 Å². The molecule has 4 heterocycles. The molecule has 32 heavy (non-hydrogen) atoms. The van der Waals surface area contributed by atoms with Crippen LogP contribution in [-0.4, -0.2) is 58.9 Å². The van der Waals surface area contributed by atoms with Crippen LogP contribution >= 0.6 is 0 Å². The van der Waals surface area contributed by atoms with Crippen molar-refractivity contribution in [2.24, 2.45) is 17.8 Å². The van der Waals surface area contributed by atoms with Crippen LogP contribution in [0.2, 0.25) is 0 Å². The molecule has 9 heteroatoms. The van der Waals surface area contributed by atoms with Gasteiger partial charge in [0.05, 0.1) is 17.9 Å². The Hall–Kier alpha value is -2.26. The predicted octanol–water partition coefficient (Wildman–Crippen LogP) is 4.11. The largest absolute Gasteiger partial charge is 0.417 e. The fraction of sp³-hybridized carbons (Fsp3) is 0.609. The molecule has 0 spiro atoms. The molecule has 2 aromatic rings. The molecule has 1 N–H and O–H groups in total. The first-order valence-corrected chi connectivity index (χ1v) is 11.2. The molecule has 4 atom stereocenters. The lowest BCUT2D eigenvalue weighted by Crippen LogP contribution is -2.33. The zero-order valence-electron chi connectivity index (χ0n) is 19.7. The summed E-state index contributed by atoms with van der Waals surface area (Å²) in [6.07, 6.45) is 1.36. The van der Waals surface area contributed by atoms with Gasteiger partial charge in [-0.2, -0.15) is 13.2 Å². The molecular formula is C23H28F3N5O. The van der Waals surface area contributed by atoms with E-state index in [0.717, 1.165) is 63.8 Å². The van der Waals surface area contributed by atoms with E-state index < -0.39 is 18.2 Å². The summed E-state index contributed by atoms with van der Waals surface area (Å²) in [6.45, 7) is 1.33. The smallest absolute Gasteiger partial charge is 0.381 e. The molecule has 1 saturated carbocycles. The van der Waals surface area contributed by atoms with Gasteiger partial charge in [0.2, 0.25) is 0 Å². The molecule has 3 fully saturated rings. The summed E-state index contributed by atoms with van der Waals surface area (Å²) < 4.78 is 62.7. The van der Waals surface area contributed by atoms with Gasteiger partial charge >= 0.3 is 6.18 Å². The van der Waals surface area contributed by atoms with Crippen molar-refractivity contribution in [3.8, 4) is 11.3 Å². The number of anilines is 1. The third kappa shape index (κ3) is 4.73. The van der Waals surface area contributed by atoms with E-state index in [0.29, 0.717) is 24.3 Å². The van der Waals surface area contributed by atoms with Crippen LogP contribution in [0.3, 0.4) is 0 Å². The van der Waals surface area contributed by atoms with Crippen LogP contribution in [-0.2, 0) is 10.9 Å². The molecule has 1 aliphatic carbocycles. The highest BCUT2D eigenvalue weighted by Crippen LogP contribution is 2.40. The number of aromatic nitrogens is 3. The van der Waals surface area contributed by atoms with Gasteiger partial charge in [-0.1, -0.05) is 0 Å². The molecule has 0 radical (unpaired) electrons. The van der Waals surface area contributed by atoms with Crippen LogP contribution in [0.25, 0.3) is 11.3 Å². The van der Waals surface area contributed by atoms with Crippen molar-refractivity contribution in [1.82, 2.24) is 20.1 Å². The topological polar surface area (TPSA) is 63.2 Å². The second-order valence-electron chi connectivity index (χ2n) is 9.00. The van der Waals surface area contributed by atoms with Crippen LogP contribution in [0.15, 0.2) is 30.6 Å². The molecule has 2 saturated heterocycles. The van der Waals surface area contributed by atoms with Crippen molar-refractivity contribution in [3.63, 3.8) is 0 Å². The van der Waals surface area contributed by atoms with Gasteiger partial charge < -0.3 is 15.0 Å². The molecule has 172 valence electrons. The average Bonchev–Trinajstić information content (AvgIpc) is 3.39. The van der Waals surface area contributed by atoms with Crippen LogP contribution in [0, 0.1) is 17.8 Å². The van der Waals surface area contributed by atoms with E-state index >= 15 is 0 Å². The average molecular weight is 450 g/mol. The minimum Gasteiger partial charge on any atom is -0.381 e. The molecule has 5 rings (SSSR count). The molecular weight excluding hydrogens is 419 g/mol. The van der Waals surface area contributed by atoms with Crippen molar-refractivity contribution in [2.75, 3.05) is 38.1 Å². The lowest BCUT2D eigenvalue weighted by atomic mass is 10.0. The SMILES string of the molecule is [2H]C([2H])(C1CCCOC1)N1C[C@H]2CC(Nc3ccc(-c4cnccc4C(F)(F)F)nn3)C[C@H]2C1. The predicted molar refractivity (Wildman–Crippen MR) is 114 cm³/mol. The number of ether oxygens (including phenoxy) is 1. The Bertz CT molecular complexity index is 987. The first-order chi connectivity index (χ1) is 16.2. The van der Waals surface area contributed by atoms with Crippen LogP contribution in [0.1, 0.15) is 34.0 Å². The second-order valence-corrected chi connectivity index (χ2v) is 9.00. The van der Waals surface area contributed by atoms with Gasteiger partial charge in [0.1, 0.15) is 5.82 Å². The van der Waals surface area contributed by atoms with Gasteiger partial charge in [-0.15, -0.1) is 10.2 Å². The van der Waals surface area contributed by atoms with Crippen LogP contribution in [0.4, 0.5) is 19.0 Å². The van der Waals surface area contributed by atoms with E-state index in [2.05, 4.69) is 20.5 Å². The van der Waals surface area contributed by atoms with Crippen molar-refractivity contribution >= 4 is 5.82 Å². The highest BCUT2D eigenvalue weighted by atomic mass is 19.4.